The van der Waals surface area contributed by atoms with E-state index in [9.17, 15) is 24.6 Å². The van der Waals surface area contributed by atoms with E-state index in [0.29, 0.717) is 59.9 Å². The van der Waals surface area contributed by atoms with Crippen molar-refractivity contribution < 1.29 is 34.8 Å². The molecule has 204 valence electrons. The van der Waals surface area contributed by atoms with Crippen LogP contribution in [0.15, 0.2) is 0 Å². The minimum Gasteiger partial charge on any atom is -0.394 e. The second-order valence-corrected chi connectivity index (χ2v) is 11.4. The smallest absolute Gasteiger partial charge is 0.253 e. The Bertz CT molecular complexity index is 872. The van der Waals surface area contributed by atoms with Gasteiger partial charge in [-0.25, -0.2) is 0 Å². The zero-order chi connectivity index (χ0) is 27.6. The fourth-order valence-corrected chi connectivity index (χ4v) is 8.39. The molecule has 1 aromatic rings. The molecular weight excluding hydrogens is 811 g/mol. The monoisotopic (exact) mass is 845 g/mol. The number of hydrogen-bond acceptors (Lipinski definition) is 7. The summed E-state index contributed by atoms with van der Waals surface area (Å²) in [5.74, 6) is -0.860. The number of nitrogens with one attached hydrogen (secondary N) is 1. The first-order chi connectivity index (χ1) is 16.9. The molecular formula is C23H34I3N3O7. The fourth-order valence-electron chi connectivity index (χ4n) is 3.57. The summed E-state index contributed by atoms with van der Waals surface area (Å²) in [6, 6.07) is 0. The van der Waals surface area contributed by atoms with Gasteiger partial charge in [-0.1, -0.05) is 0 Å². The minimum absolute atomic E-state index is 0.246. The standard InChI is InChI=1S/C23H34I3N3O7/c1-4-27-23(36)17-18(24)21(28(13(2)32)9-5-7-15(34)11-30)20(26)22(19(17)25)29(14(3)33)10-6-8-16(35)12-31/h15-16,30-31,34-35H,4-12H2,1-3H3,(H,27,36). The predicted molar refractivity (Wildman–Crippen MR) is 163 cm³/mol. The molecule has 0 aliphatic rings. The minimum atomic E-state index is -0.891. The topological polar surface area (TPSA) is 151 Å². The average molecular weight is 845 g/mol. The molecule has 2 unspecified atom stereocenters. The first-order valence-corrected chi connectivity index (χ1v) is 14.8. The zero-order valence-corrected chi connectivity index (χ0v) is 27.0. The van der Waals surface area contributed by atoms with Crippen LogP contribution in [0.2, 0.25) is 0 Å². The maximum Gasteiger partial charge on any atom is 0.253 e. The van der Waals surface area contributed by atoms with Gasteiger partial charge in [-0.05, 0) is 100 Å². The van der Waals surface area contributed by atoms with E-state index in [1.165, 1.54) is 23.6 Å². The van der Waals surface area contributed by atoms with Gasteiger partial charge in [0.25, 0.3) is 5.91 Å². The molecule has 2 atom stereocenters. The summed E-state index contributed by atoms with van der Waals surface area (Å²) in [7, 11) is 0. The van der Waals surface area contributed by atoms with Crippen molar-refractivity contribution >= 4 is 96.9 Å². The number of carbonyl (C=O) groups is 3. The molecule has 0 heterocycles. The Morgan fingerprint density at radius 1 is 0.806 bits per heavy atom. The molecule has 0 spiro atoms. The predicted octanol–water partition coefficient (Wildman–Crippen LogP) is 2.22. The van der Waals surface area contributed by atoms with Crippen molar-refractivity contribution in [2.75, 3.05) is 42.6 Å². The van der Waals surface area contributed by atoms with Crippen LogP contribution < -0.4 is 15.1 Å². The molecule has 3 amide bonds. The molecule has 5 N–H and O–H groups in total. The number of halogens is 3. The van der Waals surface area contributed by atoms with Crippen LogP contribution in [-0.2, 0) is 9.59 Å². The molecule has 0 radical (unpaired) electrons. The van der Waals surface area contributed by atoms with Gasteiger partial charge in [0.05, 0.1) is 53.1 Å². The Kier molecular flexibility index (Phi) is 15.5. The first kappa shape index (κ1) is 33.7. The summed E-state index contributed by atoms with van der Waals surface area (Å²) in [5, 5.41) is 40.5. The summed E-state index contributed by atoms with van der Waals surface area (Å²) in [6.45, 7) is 4.77. The lowest BCUT2D eigenvalue weighted by Crippen LogP contribution is -2.36. The normalized spacial score (nSPS) is 12.7. The highest BCUT2D eigenvalue weighted by Crippen LogP contribution is 2.43. The van der Waals surface area contributed by atoms with E-state index in [4.69, 9.17) is 10.2 Å². The van der Waals surface area contributed by atoms with E-state index < -0.39 is 12.2 Å². The van der Waals surface area contributed by atoms with Crippen LogP contribution in [0.4, 0.5) is 11.4 Å². The molecule has 13 heteroatoms. The SMILES string of the molecule is CCNC(=O)c1c(I)c(N(CCCC(O)CO)C(C)=O)c(I)c(N(CCCC(O)CO)C(C)=O)c1I. The van der Waals surface area contributed by atoms with E-state index in [2.05, 4.69) is 27.9 Å². The molecule has 1 rings (SSSR count). The third-order valence-corrected chi connectivity index (χ3v) is 8.52. The van der Waals surface area contributed by atoms with Gasteiger partial charge in [0.1, 0.15) is 0 Å². The van der Waals surface area contributed by atoms with Gasteiger partial charge in [-0.3, -0.25) is 14.4 Å². The number of aliphatic hydroxyl groups is 4. The first-order valence-electron chi connectivity index (χ1n) is 11.5. The zero-order valence-electron chi connectivity index (χ0n) is 20.6. The Labute approximate surface area is 252 Å². The highest BCUT2D eigenvalue weighted by atomic mass is 127. The lowest BCUT2D eigenvalue weighted by molar-refractivity contribution is -0.117. The number of benzene rings is 1. The second-order valence-electron chi connectivity index (χ2n) is 8.17. The third-order valence-electron chi connectivity index (χ3n) is 5.39. The maximum absolute atomic E-state index is 13.1. The number of aliphatic hydroxyl groups excluding tert-OH is 4. The Balaban J connectivity index is 3.72. The van der Waals surface area contributed by atoms with Crippen molar-refractivity contribution in [1.82, 2.24) is 5.32 Å². The fraction of sp³-hybridized carbons (Fsp3) is 0.609. The summed E-state index contributed by atoms with van der Waals surface area (Å²) in [4.78, 5) is 41.7. The van der Waals surface area contributed by atoms with E-state index >= 15 is 0 Å². The maximum atomic E-state index is 13.1. The van der Waals surface area contributed by atoms with Crippen molar-refractivity contribution in [3.63, 3.8) is 0 Å². The Hall–Kier alpha value is -0.340. The molecule has 36 heavy (non-hydrogen) atoms. The highest BCUT2D eigenvalue weighted by Gasteiger charge is 2.31. The molecule has 1 aromatic carbocycles. The number of anilines is 2. The van der Waals surface area contributed by atoms with Gasteiger partial charge in [0.15, 0.2) is 0 Å². The number of carbonyl (C=O) groups excluding carboxylic acids is 3. The van der Waals surface area contributed by atoms with Gasteiger partial charge in [-0.15, -0.1) is 0 Å². The molecule has 0 saturated heterocycles. The van der Waals surface area contributed by atoms with Gasteiger partial charge >= 0.3 is 0 Å². The van der Waals surface area contributed by atoms with Crippen LogP contribution in [0.1, 0.15) is 56.8 Å². The second kappa shape index (κ2) is 16.6. The summed E-state index contributed by atoms with van der Waals surface area (Å²) >= 11 is 6.19. The Morgan fingerprint density at radius 3 is 1.50 bits per heavy atom. The molecule has 0 aliphatic carbocycles. The van der Waals surface area contributed by atoms with Crippen molar-refractivity contribution in [2.45, 2.75) is 58.7 Å². The molecule has 0 fully saturated rings. The van der Waals surface area contributed by atoms with Crippen molar-refractivity contribution in [1.29, 1.82) is 0 Å². The van der Waals surface area contributed by atoms with Crippen LogP contribution in [0.3, 0.4) is 0 Å². The van der Waals surface area contributed by atoms with Crippen molar-refractivity contribution in [2.24, 2.45) is 0 Å². The van der Waals surface area contributed by atoms with Gasteiger partial charge in [-0.2, -0.15) is 0 Å². The number of amides is 3. The molecule has 0 bridgehead atoms. The summed E-state index contributed by atoms with van der Waals surface area (Å²) in [5.41, 5.74) is 1.35. The Morgan fingerprint density at radius 2 is 1.19 bits per heavy atom. The summed E-state index contributed by atoms with van der Waals surface area (Å²) in [6.07, 6.45) is -0.363. The van der Waals surface area contributed by atoms with E-state index in [-0.39, 0.29) is 44.0 Å². The number of nitrogens with zero attached hydrogens (tertiary/aromatic N) is 2. The summed E-state index contributed by atoms with van der Waals surface area (Å²) < 4.78 is 1.74. The van der Waals surface area contributed by atoms with E-state index in [1.54, 1.807) is 6.92 Å². The van der Waals surface area contributed by atoms with Crippen LogP contribution in [0, 0.1) is 10.7 Å². The van der Waals surface area contributed by atoms with Crippen molar-refractivity contribution in [3.05, 3.63) is 16.3 Å². The van der Waals surface area contributed by atoms with Gasteiger partial charge in [0.2, 0.25) is 11.8 Å². The van der Waals surface area contributed by atoms with Gasteiger partial charge in [0, 0.05) is 33.5 Å². The number of hydrogen-bond donors (Lipinski definition) is 5. The van der Waals surface area contributed by atoms with E-state index in [0.717, 1.165) is 0 Å². The quantitative estimate of drug-likeness (QED) is 0.181. The molecule has 10 nitrogen and oxygen atoms in total. The third kappa shape index (κ3) is 9.14. The highest BCUT2D eigenvalue weighted by molar-refractivity contribution is 14.1. The average Bonchev–Trinajstić information content (AvgIpc) is 2.81. The molecule has 0 saturated carbocycles. The number of rotatable bonds is 14. The largest absolute Gasteiger partial charge is 0.394 e. The van der Waals surface area contributed by atoms with Crippen LogP contribution in [0.5, 0.6) is 0 Å². The lowest BCUT2D eigenvalue weighted by atomic mass is 10.1. The van der Waals surface area contributed by atoms with Crippen molar-refractivity contribution in [3.8, 4) is 0 Å². The van der Waals surface area contributed by atoms with Crippen LogP contribution >= 0.6 is 67.8 Å². The lowest BCUT2D eigenvalue weighted by Gasteiger charge is -2.31. The van der Waals surface area contributed by atoms with Gasteiger partial charge < -0.3 is 35.5 Å². The van der Waals surface area contributed by atoms with Crippen LogP contribution in [0.25, 0.3) is 0 Å². The van der Waals surface area contributed by atoms with E-state index in [1.807, 2.05) is 45.2 Å². The molecule has 0 aliphatic heterocycles. The molecule has 0 aromatic heterocycles. The van der Waals surface area contributed by atoms with Crippen LogP contribution in [-0.4, -0.2) is 83.2 Å².